The van der Waals surface area contributed by atoms with E-state index in [2.05, 4.69) is 23.4 Å². The van der Waals surface area contributed by atoms with Gasteiger partial charge in [0.1, 0.15) is 0 Å². The lowest BCUT2D eigenvalue weighted by Gasteiger charge is -2.34. The quantitative estimate of drug-likeness (QED) is 0.915. The summed E-state index contributed by atoms with van der Waals surface area (Å²) in [6.45, 7) is 10.7. The SMILES string of the molecule is Cc1cc(C(=O)N2CCN(C(=O)Cc3ccc[nH]3)CC2)c(C)n1C(C)C. The molecule has 3 rings (SSSR count). The molecule has 1 aliphatic heterocycles. The highest BCUT2D eigenvalue weighted by atomic mass is 16.2. The highest BCUT2D eigenvalue weighted by molar-refractivity contribution is 5.96. The molecule has 1 aliphatic rings. The molecule has 0 bridgehead atoms. The second-order valence-corrected chi connectivity index (χ2v) is 7.29. The lowest BCUT2D eigenvalue weighted by molar-refractivity contribution is -0.132. The van der Waals surface area contributed by atoms with Crippen LogP contribution >= 0.6 is 0 Å². The van der Waals surface area contributed by atoms with Crippen LogP contribution in [0, 0.1) is 13.8 Å². The fourth-order valence-electron chi connectivity index (χ4n) is 3.87. The van der Waals surface area contributed by atoms with Crippen LogP contribution in [0.25, 0.3) is 0 Å². The molecule has 0 aromatic carbocycles. The molecule has 1 fully saturated rings. The Morgan fingerprint density at radius 2 is 1.77 bits per heavy atom. The Morgan fingerprint density at radius 1 is 1.12 bits per heavy atom. The summed E-state index contributed by atoms with van der Waals surface area (Å²) in [4.78, 5) is 32.1. The van der Waals surface area contributed by atoms with Gasteiger partial charge >= 0.3 is 0 Å². The maximum Gasteiger partial charge on any atom is 0.255 e. The normalized spacial score (nSPS) is 15.0. The molecule has 6 nitrogen and oxygen atoms in total. The molecule has 1 saturated heterocycles. The topological polar surface area (TPSA) is 61.3 Å². The van der Waals surface area contributed by atoms with E-state index in [9.17, 15) is 9.59 Å². The van der Waals surface area contributed by atoms with Crippen LogP contribution in [0.5, 0.6) is 0 Å². The lowest BCUT2D eigenvalue weighted by atomic mass is 10.2. The van der Waals surface area contributed by atoms with E-state index in [1.807, 2.05) is 48.0 Å². The minimum Gasteiger partial charge on any atom is -0.365 e. The van der Waals surface area contributed by atoms with E-state index in [0.717, 1.165) is 22.6 Å². The van der Waals surface area contributed by atoms with Crippen molar-refractivity contribution in [2.75, 3.05) is 26.2 Å². The Balaban J connectivity index is 1.62. The van der Waals surface area contributed by atoms with Crippen molar-refractivity contribution < 1.29 is 9.59 Å². The van der Waals surface area contributed by atoms with Crippen LogP contribution < -0.4 is 0 Å². The molecule has 0 spiro atoms. The van der Waals surface area contributed by atoms with E-state index in [4.69, 9.17) is 0 Å². The zero-order valence-electron chi connectivity index (χ0n) is 16.1. The molecule has 2 aromatic heterocycles. The molecular weight excluding hydrogens is 328 g/mol. The molecule has 6 heteroatoms. The number of aromatic amines is 1. The molecule has 2 aromatic rings. The fourth-order valence-corrected chi connectivity index (χ4v) is 3.87. The molecule has 0 unspecified atom stereocenters. The number of hydrogen-bond acceptors (Lipinski definition) is 2. The molecule has 140 valence electrons. The Kier molecular flexibility index (Phi) is 5.20. The summed E-state index contributed by atoms with van der Waals surface area (Å²) in [6, 6.07) is 6.13. The van der Waals surface area contributed by atoms with Gasteiger partial charge in [-0.15, -0.1) is 0 Å². The minimum atomic E-state index is 0.0708. The smallest absolute Gasteiger partial charge is 0.255 e. The summed E-state index contributed by atoms with van der Waals surface area (Å²) in [7, 11) is 0. The van der Waals surface area contributed by atoms with Gasteiger partial charge in [0.15, 0.2) is 0 Å². The second-order valence-electron chi connectivity index (χ2n) is 7.29. The molecule has 0 atom stereocenters. The second kappa shape index (κ2) is 7.40. The van der Waals surface area contributed by atoms with Gasteiger partial charge in [0.25, 0.3) is 5.91 Å². The Labute approximate surface area is 154 Å². The van der Waals surface area contributed by atoms with Crippen molar-refractivity contribution in [2.24, 2.45) is 0 Å². The largest absolute Gasteiger partial charge is 0.365 e. The number of aryl methyl sites for hydroxylation is 1. The van der Waals surface area contributed by atoms with Crippen molar-refractivity contribution in [1.82, 2.24) is 19.4 Å². The third-order valence-corrected chi connectivity index (χ3v) is 5.15. The number of hydrogen-bond donors (Lipinski definition) is 1. The molecule has 0 saturated carbocycles. The highest BCUT2D eigenvalue weighted by Crippen LogP contribution is 2.22. The van der Waals surface area contributed by atoms with E-state index in [1.165, 1.54) is 0 Å². The minimum absolute atomic E-state index is 0.0708. The van der Waals surface area contributed by atoms with Crippen molar-refractivity contribution in [2.45, 2.75) is 40.2 Å². The molecule has 2 amide bonds. The number of amides is 2. The monoisotopic (exact) mass is 356 g/mol. The van der Waals surface area contributed by atoms with Crippen LogP contribution in [-0.4, -0.2) is 57.3 Å². The number of rotatable bonds is 4. The predicted molar refractivity (Wildman–Crippen MR) is 101 cm³/mol. The van der Waals surface area contributed by atoms with Gasteiger partial charge in [0, 0.05) is 55.5 Å². The number of carbonyl (C=O) groups is 2. The zero-order valence-corrected chi connectivity index (χ0v) is 16.1. The highest BCUT2D eigenvalue weighted by Gasteiger charge is 2.27. The van der Waals surface area contributed by atoms with E-state index in [-0.39, 0.29) is 11.8 Å². The van der Waals surface area contributed by atoms with E-state index < -0.39 is 0 Å². The fraction of sp³-hybridized carbons (Fsp3) is 0.500. The van der Waals surface area contributed by atoms with E-state index >= 15 is 0 Å². The molecule has 0 radical (unpaired) electrons. The maximum absolute atomic E-state index is 12.9. The molecule has 1 N–H and O–H groups in total. The zero-order chi connectivity index (χ0) is 18.8. The van der Waals surface area contributed by atoms with Crippen LogP contribution in [0.3, 0.4) is 0 Å². The van der Waals surface area contributed by atoms with Gasteiger partial charge in [0.2, 0.25) is 5.91 Å². The number of nitrogens with zero attached hydrogens (tertiary/aromatic N) is 3. The summed E-state index contributed by atoms with van der Waals surface area (Å²) < 4.78 is 2.20. The number of aromatic nitrogens is 2. The van der Waals surface area contributed by atoms with Gasteiger partial charge in [-0.05, 0) is 45.9 Å². The standard InChI is InChI=1S/C20H28N4O2/c1-14(2)24-15(3)12-18(16(24)4)20(26)23-10-8-22(9-11-23)19(25)13-17-6-5-7-21-17/h5-7,12,14,21H,8-11,13H2,1-4H3. The van der Waals surface area contributed by atoms with Crippen molar-refractivity contribution in [1.29, 1.82) is 0 Å². The number of nitrogens with one attached hydrogen (secondary N) is 1. The van der Waals surface area contributed by atoms with Gasteiger partial charge in [-0.25, -0.2) is 0 Å². The van der Waals surface area contributed by atoms with Crippen molar-refractivity contribution in [3.8, 4) is 0 Å². The van der Waals surface area contributed by atoms with E-state index in [0.29, 0.717) is 38.6 Å². The molecule has 3 heterocycles. The van der Waals surface area contributed by atoms with Gasteiger partial charge < -0.3 is 19.4 Å². The Bertz CT molecular complexity index is 781. The predicted octanol–water partition coefficient (Wildman–Crippen LogP) is 2.54. The summed E-state index contributed by atoms with van der Waals surface area (Å²) in [6.07, 6.45) is 2.21. The van der Waals surface area contributed by atoms with Crippen LogP contribution in [-0.2, 0) is 11.2 Å². The summed E-state index contributed by atoms with van der Waals surface area (Å²) in [5.74, 6) is 0.180. The van der Waals surface area contributed by atoms with Crippen molar-refractivity contribution in [3.05, 3.63) is 47.0 Å². The summed E-state index contributed by atoms with van der Waals surface area (Å²) in [5, 5.41) is 0. The first kappa shape index (κ1) is 18.3. The molecular formula is C20H28N4O2. The Hall–Kier alpha value is -2.50. The molecule has 0 aliphatic carbocycles. The first-order valence-corrected chi connectivity index (χ1v) is 9.26. The average molecular weight is 356 g/mol. The van der Waals surface area contributed by atoms with E-state index in [1.54, 1.807) is 0 Å². The number of carbonyl (C=O) groups excluding carboxylic acids is 2. The van der Waals surface area contributed by atoms with Crippen LogP contribution in [0.2, 0.25) is 0 Å². The third-order valence-electron chi connectivity index (χ3n) is 5.15. The van der Waals surface area contributed by atoms with Crippen LogP contribution in [0.1, 0.15) is 47.3 Å². The summed E-state index contributed by atoms with van der Waals surface area (Å²) >= 11 is 0. The van der Waals surface area contributed by atoms with Gasteiger partial charge in [-0.2, -0.15) is 0 Å². The Morgan fingerprint density at radius 3 is 2.31 bits per heavy atom. The van der Waals surface area contributed by atoms with Crippen LogP contribution in [0.15, 0.2) is 24.4 Å². The van der Waals surface area contributed by atoms with Crippen molar-refractivity contribution >= 4 is 11.8 Å². The van der Waals surface area contributed by atoms with Gasteiger partial charge in [-0.1, -0.05) is 0 Å². The summed E-state index contributed by atoms with van der Waals surface area (Å²) in [5.41, 5.74) is 3.84. The first-order chi connectivity index (χ1) is 12.4. The van der Waals surface area contributed by atoms with Crippen molar-refractivity contribution in [3.63, 3.8) is 0 Å². The maximum atomic E-state index is 12.9. The van der Waals surface area contributed by atoms with Crippen LogP contribution in [0.4, 0.5) is 0 Å². The number of H-pyrrole nitrogens is 1. The lowest BCUT2D eigenvalue weighted by Crippen LogP contribution is -2.51. The first-order valence-electron chi connectivity index (χ1n) is 9.26. The third kappa shape index (κ3) is 3.54. The van der Waals surface area contributed by atoms with Gasteiger partial charge in [0.05, 0.1) is 12.0 Å². The van der Waals surface area contributed by atoms with Gasteiger partial charge in [-0.3, -0.25) is 9.59 Å². The molecule has 26 heavy (non-hydrogen) atoms. The number of piperazine rings is 1. The average Bonchev–Trinajstić information content (AvgIpc) is 3.21.